The molecule has 2 aromatic rings. The minimum absolute atomic E-state index is 0.305. The van der Waals surface area contributed by atoms with Crippen molar-refractivity contribution in [3.8, 4) is 0 Å². The highest BCUT2D eigenvalue weighted by molar-refractivity contribution is 9.10. The molecule has 0 aliphatic rings. The number of nitrogens with two attached hydrogens (primary N) is 1. The Bertz CT molecular complexity index is 607. The molecule has 1 heterocycles. The van der Waals surface area contributed by atoms with Crippen molar-refractivity contribution in [2.45, 2.75) is 12.5 Å². The first-order valence-corrected chi connectivity index (χ1v) is 7.02. The van der Waals surface area contributed by atoms with Crippen LogP contribution in [0.2, 0.25) is 10.0 Å². The van der Waals surface area contributed by atoms with Crippen LogP contribution in [0.3, 0.4) is 0 Å². The van der Waals surface area contributed by atoms with Crippen LogP contribution < -0.4 is 5.73 Å². The van der Waals surface area contributed by atoms with E-state index in [1.807, 2.05) is 0 Å². The van der Waals surface area contributed by atoms with Gasteiger partial charge in [-0.2, -0.15) is 0 Å². The summed E-state index contributed by atoms with van der Waals surface area (Å²) in [5.74, 6) is -0.305. The van der Waals surface area contributed by atoms with Gasteiger partial charge in [-0.3, -0.25) is 4.98 Å². The van der Waals surface area contributed by atoms with Crippen molar-refractivity contribution in [2.24, 2.45) is 5.73 Å². The van der Waals surface area contributed by atoms with Gasteiger partial charge in [0.25, 0.3) is 0 Å². The molecule has 6 heteroatoms. The maximum atomic E-state index is 13.2. The second-order valence-electron chi connectivity index (χ2n) is 4.07. The van der Waals surface area contributed by atoms with Crippen LogP contribution in [0.25, 0.3) is 0 Å². The predicted molar refractivity (Wildman–Crippen MR) is 79.0 cm³/mol. The summed E-state index contributed by atoms with van der Waals surface area (Å²) in [5.41, 5.74) is 7.37. The zero-order valence-electron chi connectivity index (χ0n) is 9.71. The Balaban J connectivity index is 2.25. The Kier molecular flexibility index (Phi) is 4.79. The van der Waals surface area contributed by atoms with E-state index in [-0.39, 0.29) is 5.82 Å². The number of hydrogen-bond donors (Lipinski definition) is 1. The number of pyridine rings is 1. The zero-order chi connectivity index (χ0) is 14.0. The average Bonchev–Trinajstić information content (AvgIpc) is 2.33. The molecular formula is C13H10BrCl2FN2. The fourth-order valence-electron chi connectivity index (χ4n) is 1.73. The Labute approximate surface area is 128 Å². The molecule has 100 valence electrons. The summed E-state index contributed by atoms with van der Waals surface area (Å²) in [6, 6.07) is 5.63. The molecule has 0 saturated carbocycles. The van der Waals surface area contributed by atoms with E-state index in [0.717, 1.165) is 10.0 Å². The second-order valence-corrected chi connectivity index (χ2v) is 5.76. The van der Waals surface area contributed by atoms with Gasteiger partial charge in [0.15, 0.2) is 0 Å². The van der Waals surface area contributed by atoms with Crippen LogP contribution in [0, 0.1) is 5.82 Å². The molecule has 19 heavy (non-hydrogen) atoms. The smallest absolute Gasteiger partial charge is 0.123 e. The van der Waals surface area contributed by atoms with Gasteiger partial charge in [0.05, 0.1) is 21.8 Å². The Morgan fingerprint density at radius 1 is 1.32 bits per heavy atom. The molecule has 1 unspecified atom stereocenters. The minimum atomic E-state index is -0.428. The molecule has 0 fully saturated rings. The van der Waals surface area contributed by atoms with Gasteiger partial charge < -0.3 is 5.73 Å². The van der Waals surface area contributed by atoms with Crippen molar-refractivity contribution in [1.29, 1.82) is 0 Å². The van der Waals surface area contributed by atoms with Gasteiger partial charge in [-0.05, 0) is 36.2 Å². The molecule has 1 aromatic heterocycles. The third-order valence-corrected chi connectivity index (χ3v) is 3.92. The topological polar surface area (TPSA) is 38.9 Å². The summed E-state index contributed by atoms with van der Waals surface area (Å²) in [5, 5.41) is 0.861. The van der Waals surface area contributed by atoms with E-state index in [4.69, 9.17) is 28.9 Å². The molecule has 0 spiro atoms. The van der Waals surface area contributed by atoms with Crippen LogP contribution in [0.1, 0.15) is 17.3 Å². The van der Waals surface area contributed by atoms with Crippen LogP contribution >= 0.6 is 39.1 Å². The van der Waals surface area contributed by atoms with Crippen LogP contribution in [0.15, 0.2) is 34.9 Å². The maximum Gasteiger partial charge on any atom is 0.123 e. The van der Waals surface area contributed by atoms with Gasteiger partial charge in [0.1, 0.15) is 5.82 Å². The largest absolute Gasteiger partial charge is 0.322 e. The molecule has 0 saturated heterocycles. The Hall–Kier alpha value is -0.680. The fraction of sp³-hybridized carbons (Fsp3) is 0.154. The first kappa shape index (κ1) is 14.7. The van der Waals surface area contributed by atoms with E-state index in [1.165, 1.54) is 18.3 Å². The number of rotatable bonds is 3. The standard InChI is InChI=1S/C13H10BrCl2FN2/c14-10-2-1-9(17)3-7(10)4-12(18)13-11(16)5-8(15)6-19-13/h1-3,5-6,12H,4,18H2. The van der Waals surface area contributed by atoms with Gasteiger partial charge in [-0.25, -0.2) is 4.39 Å². The normalized spacial score (nSPS) is 12.5. The van der Waals surface area contributed by atoms with Crippen LogP contribution in [-0.4, -0.2) is 4.98 Å². The number of halogens is 4. The molecule has 1 atom stereocenters. The lowest BCUT2D eigenvalue weighted by Crippen LogP contribution is -2.16. The Morgan fingerprint density at radius 3 is 2.74 bits per heavy atom. The molecular weight excluding hydrogens is 354 g/mol. The van der Waals surface area contributed by atoms with Crippen molar-refractivity contribution >= 4 is 39.1 Å². The molecule has 0 radical (unpaired) electrons. The highest BCUT2D eigenvalue weighted by Crippen LogP contribution is 2.27. The van der Waals surface area contributed by atoms with Crippen molar-refractivity contribution in [2.75, 3.05) is 0 Å². The molecule has 0 aliphatic heterocycles. The SMILES string of the molecule is NC(Cc1cc(F)ccc1Br)c1ncc(Cl)cc1Cl. The summed E-state index contributed by atoms with van der Waals surface area (Å²) in [4.78, 5) is 4.13. The molecule has 0 aliphatic carbocycles. The van der Waals surface area contributed by atoms with E-state index in [2.05, 4.69) is 20.9 Å². The monoisotopic (exact) mass is 362 g/mol. The lowest BCUT2D eigenvalue weighted by atomic mass is 10.0. The maximum absolute atomic E-state index is 13.2. The van der Waals surface area contributed by atoms with E-state index in [1.54, 1.807) is 12.1 Å². The molecule has 2 nitrogen and oxygen atoms in total. The third kappa shape index (κ3) is 3.66. The molecule has 2 rings (SSSR count). The first-order valence-electron chi connectivity index (χ1n) is 5.48. The highest BCUT2D eigenvalue weighted by Gasteiger charge is 2.15. The van der Waals surface area contributed by atoms with E-state index in [9.17, 15) is 4.39 Å². The van der Waals surface area contributed by atoms with Gasteiger partial charge in [0.2, 0.25) is 0 Å². The summed E-state index contributed by atoms with van der Waals surface area (Å²) < 4.78 is 14.0. The van der Waals surface area contributed by atoms with Crippen molar-refractivity contribution in [3.05, 3.63) is 62.1 Å². The van der Waals surface area contributed by atoms with Gasteiger partial charge in [0, 0.05) is 10.7 Å². The third-order valence-electron chi connectivity index (χ3n) is 2.64. The minimum Gasteiger partial charge on any atom is -0.322 e. The second kappa shape index (κ2) is 6.18. The lowest BCUT2D eigenvalue weighted by molar-refractivity contribution is 0.620. The van der Waals surface area contributed by atoms with Crippen LogP contribution in [-0.2, 0) is 6.42 Å². The van der Waals surface area contributed by atoms with Gasteiger partial charge in [-0.1, -0.05) is 39.1 Å². The van der Waals surface area contributed by atoms with E-state index >= 15 is 0 Å². The summed E-state index contributed by atoms with van der Waals surface area (Å²) in [6.07, 6.45) is 1.91. The van der Waals surface area contributed by atoms with E-state index in [0.29, 0.717) is 22.2 Å². The van der Waals surface area contributed by atoms with E-state index < -0.39 is 6.04 Å². The number of nitrogens with zero attached hydrogens (tertiary/aromatic N) is 1. The highest BCUT2D eigenvalue weighted by atomic mass is 79.9. The average molecular weight is 364 g/mol. The van der Waals surface area contributed by atoms with Gasteiger partial charge in [-0.15, -0.1) is 0 Å². The molecule has 0 bridgehead atoms. The number of hydrogen-bond acceptors (Lipinski definition) is 2. The first-order chi connectivity index (χ1) is 8.97. The van der Waals surface area contributed by atoms with Crippen LogP contribution in [0.4, 0.5) is 4.39 Å². The summed E-state index contributed by atoms with van der Waals surface area (Å²) in [7, 11) is 0. The zero-order valence-corrected chi connectivity index (χ0v) is 12.8. The molecule has 0 amide bonds. The van der Waals surface area contributed by atoms with Crippen LogP contribution in [0.5, 0.6) is 0 Å². The molecule has 1 aromatic carbocycles. The molecule has 2 N–H and O–H groups in total. The quantitative estimate of drug-likeness (QED) is 0.869. The summed E-state index contributed by atoms with van der Waals surface area (Å²) >= 11 is 15.2. The lowest BCUT2D eigenvalue weighted by Gasteiger charge is -2.14. The predicted octanol–water partition coefficient (Wildman–Crippen LogP) is 4.53. The van der Waals surface area contributed by atoms with Crippen molar-refractivity contribution in [3.63, 3.8) is 0 Å². The van der Waals surface area contributed by atoms with Crippen molar-refractivity contribution in [1.82, 2.24) is 4.98 Å². The Morgan fingerprint density at radius 2 is 2.05 bits per heavy atom. The fourth-order valence-corrected chi connectivity index (χ4v) is 2.66. The number of benzene rings is 1. The van der Waals surface area contributed by atoms with Gasteiger partial charge >= 0.3 is 0 Å². The number of aromatic nitrogens is 1. The summed E-state index contributed by atoms with van der Waals surface area (Å²) in [6.45, 7) is 0. The van der Waals surface area contributed by atoms with Crippen molar-refractivity contribution < 1.29 is 4.39 Å².